The van der Waals surface area contributed by atoms with Crippen LogP contribution in [0.3, 0.4) is 0 Å². The number of rotatable bonds is 4. The fraction of sp³-hybridized carbons (Fsp3) is 0.438. The fourth-order valence-corrected chi connectivity index (χ4v) is 2.85. The molecule has 1 N–H and O–H groups in total. The summed E-state index contributed by atoms with van der Waals surface area (Å²) in [5.74, 6) is 0.0524. The molecule has 1 aliphatic rings. The first-order chi connectivity index (χ1) is 10.2. The highest BCUT2D eigenvalue weighted by Gasteiger charge is 2.16. The third-order valence-electron chi connectivity index (χ3n) is 3.63. The standard InChI is InChI=1S/C16H21BrN2O2/c17-15-5-2-1-4-14(15)6-7-16(21)19-9-3-8-18(10-11-19)12-13-20/h1-2,4-7,20H,3,8-13H2. The summed E-state index contributed by atoms with van der Waals surface area (Å²) in [6, 6.07) is 7.84. The van der Waals surface area contributed by atoms with Crippen molar-refractivity contribution in [3.63, 3.8) is 0 Å². The fourth-order valence-electron chi connectivity index (χ4n) is 2.43. The number of aliphatic hydroxyl groups excluding tert-OH is 1. The quantitative estimate of drug-likeness (QED) is 0.842. The number of β-amino-alcohol motifs (C(OH)–C–C–N with tert-alkyl or cyclic N) is 1. The molecule has 0 spiro atoms. The number of amides is 1. The van der Waals surface area contributed by atoms with Gasteiger partial charge < -0.3 is 10.0 Å². The Hall–Kier alpha value is -1.17. The van der Waals surface area contributed by atoms with Crippen molar-refractivity contribution in [3.05, 3.63) is 40.4 Å². The Balaban J connectivity index is 1.93. The van der Waals surface area contributed by atoms with E-state index in [0.29, 0.717) is 6.54 Å². The summed E-state index contributed by atoms with van der Waals surface area (Å²) in [6.07, 6.45) is 4.44. The number of nitrogens with zero attached hydrogens (tertiary/aromatic N) is 2. The largest absolute Gasteiger partial charge is 0.395 e. The Labute approximate surface area is 134 Å². The monoisotopic (exact) mass is 352 g/mol. The zero-order chi connectivity index (χ0) is 15.1. The Morgan fingerprint density at radius 2 is 2.05 bits per heavy atom. The van der Waals surface area contributed by atoms with Gasteiger partial charge in [-0.05, 0) is 30.7 Å². The van der Waals surface area contributed by atoms with Crippen LogP contribution in [0.4, 0.5) is 0 Å². The summed E-state index contributed by atoms with van der Waals surface area (Å²) in [7, 11) is 0. The molecule has 1 aromatic rings. The van der Waals surface area contributed by atoms with E-state index in [2.05, 4.69) is 20.8 Å². The van der Waals surface area contributed by atoms with Crippen LogP contribution in [0.1, 0.15) is 12.0 Å². The lowest BCUT2D eigenvalue weighted by molar-refractivity contribution is -0.125. The van der Waals surface area contributed by atoms with Crippen LogP contribution in [0.2, 0.25) is 0 Å². The van der Waals surface area contributed by atoms with Gasteiger partial charge in [0.15, 0.2) is 0 Å². The molecule has 1 fully saturated rings. The summed E-state index contributed by atoms with van der Waals surface area (Å²) in [4.78, 5) is 16.3. The van der Waals surface area contributed by atoms with Crippen molar-refractivity contribution in [1.82, 2.24) is 9.80 Å². The minimum absolute atomic E-state index is 0.0524. The molecule has 0 atom stereocenters. The van der Waals surface area contributed by atoms with Crippen LogP contribution in [0.25, 0.3) is 6.08 Å². The summed E-state index contributed by atoms with van der Waals surface area (Å²) in [6.45, 7) is 4.14. The van der Waals surface area contributed by atoms with Gasteiger partial charge in [-0.25, -0.2) is 0 Å². The summed E-state index contributed by atoms with van der Waals surface area (Å²) >= 11 is 3.47. The topological polar surface area (TPSA) is 43.8 Å². The van der Waals surface area contributed by atoms with Crippen molar-refractivity contribution in [2.24, 2.45) is 0 Å². The lowest BCUT2D eigenvalue weighted by Gasteiger charge is -2.20. The van der Waals surface area contributed by atoms with E-state index in [1.54, 1.807) is 6.08 Å². The predicted molar refractivity (Wildman–Crippen MR) is 87.9 cm³/mol. The van der Waals surface area contributed by atoms with Crippen LogP contribution < -0.4 is 0 Å². The van der Waals surface area contributed by atoms with Crippen molar-refractivity contribution in [2.75, 3.05) is 39.3 Å². The predicted octanol–water partition coefficient (Wildman–Crippen LogP) is 1.99. The minimum atomic E-state index is 0.0524. The molecule has 0 unspecified atom stereocenters. The molecule has 1 aliphatic heterocycles. The van der Waals surface area contributed by atoms with E-state index in [1.807, 2.05) is 35.2 Å². The maximum Gasteiger partial charge on any atom is 0.246 e. The molecule has 21 heavy (non-hydrogen) atoms. The van der Waals surface area contributed by atoms with Crippen LogP contribution in [-0.2, 0) is 4.79 Å². The molecule has 1 heterocycles. The number of aliphatic hydroxyl groups is 1. The molecular weight excluding hydrogens is 332 g/mol. The van der Waals surface area contributed by atoms with Crippen molar-refractivity contribution >= 4 is 27.9 Å². The molecule has 0 saturated carbocycles. The molecule has 0 aromatic heterocycles. The van der Waals surface area contributed by atoms with Gasteiger partial charge in [0.25, 0.3) is 0 Å². The Morgan fingerprint density at radius 3 is 2.81 bits per heavy atom. The van der Waals surface area contributed by atoms with Crippen LogP contribution in [-0.4, -0.2) is 60.1 Å². The second-order valence-electron chi connectivity index (χ2n) is 5.10. The van der Waals surface area contributed by atoms with Gasteiger partial charge in [-0.15, -0.1) is 0 Å². The normalized spacial score (nSPS) is 17.1. The number of hydrogen-bond acceptors (Lipinski definition) is 3. The third kappa shape index (κ3) is 4.95. The highest BCUT2D eigenvalue weighted by molar-refractivity contribution is 9.10. The molecule has 4 nitrogen and oxygen atoms in total. The molecule has 1 aromatic carbocycles. The highest BCUT2D eigenvalue weighted by atomic mass is 79.9. The smallest absolute Gasteiger partial charge is 0.246 e. The maximum absolute atomic E-state index is 12.3. The van der Waals surface area contributed by atoms with Crippen LogP contribution in [0.15, 0.2) is 34.8 Å². The van der Waals surface area contributed by atoms with Gasteiger partial charge in [-0.2, -0.15) is 0 Å². The summed E-state index contributed by atoms with van der Waals surface area (Å²) in [5, 5.41) is 8.98. The van der Waals surface area contributed by atoms with Crippen molar-refractivity contribution in [2.45, 2.75) is 6.42 Å². The molecule has 0 bridgehead atoms. The molecule has 1 amide bonds. The van der Waals surface area contributed by atoms with Gasteiger partial charge in [0.2, 0.25) is 5.91 Å². The van der Waals surface area contributed by atoms with E-state index in [9.17, 15) is 4.79 Å². The number of halogens is 1. The molecule has 5 heteroatoms. The van der Waals surface area contributed by atoms with E-state index >= 15 is 0 Å². The SMILES string of the molecule is O=C(C=Cc1ccccc1Br)N1CCCN(CCO)CC1. The van der Waals surface area contributed by atoms with Crippen molar-refractivity contribution < 1.29 is 9.90 Å². The Morgan fingerprint density at radius 1 is 1.24 bits per heavy atom. The van der Waals surface area contributed by atoms with Gasteiger partial charge in [0.1, 0.15) is 0 Å². The van der Waals surface area contributed by atoms with Crippen LogP contribution in [0.5, 0.6) is 0 Å². The van der Waals surface area contributed by atoms with E-state index in [0.717, 1.165) is 42.6 Å². The van der Waals surface area contributed by atoms with Crippen LogP contribution >= 0.6 is 15.9 Å². The van der Waals surface area contributed by atoms with Gasteiger partial charge in [-0.1, -0.05) is 34.1 Å². The Bertz CT molecular complexity index is 505. The Kier molecular flexibility index (Phi) is 6.42. The second kappa shape index (κ2) is 8.32. The molecular formula is C16H21BrN2O2. The van der Waals surface area contributed by atoms with Crippen molar-refractivity contribution in [3.8, 4) is 0 Å². The van der Waals surface area contributed by atoms with E-state index in [4.69, 9.17) is 5.11 Å². The zero-order valence-corrected chi connectivity index (χ0v) is 13.6. The third-order valence-corrected chi connectivity index (χ3v) is 4.35. The first kappa shape index (κ1) is 16.2. The minimum Gasteiger partial charge on any atom is -0.395 e. The first-order valence-corrected chi connectivity index (χ1v) is 8.05. The van der Waals surface area contributed by atoms with Gasteiger partial charge in [0.05, 0.1) is 6.61 Å². The lowest BCUT2D eigenvalue weighted by atomic mass is 10.2. The number of carbonyl (C=O) groups excluding carboxylic acids is 1. The van der Waals surface area contributed by atoms with E-state index < -0.39 is 0 Å². The van der Waals surface area contributed by atoms with Gasteiger partial charge >= 0.3 is 0 Å². The summed E-state index contributed by atoms with van der Waals surface area (Å²) in [5.41, 5.74) is 1.00. The number of benzene rings is 1. The average Bonchev–Trinajstić information content (AvgIpc) is 2.72. The molecule has 0 radical (unpaired) electrons. The van der Waals surface area contributed by atoms with Crippen molar-refractivity contribution in [1.29, 1.82) is 0 Å². The van der Waals surface area contributed by atoms with Gasteiger partial charge in [-0.3, -0.25) is 9.69 Å². The highest BCUT2D eigenvalue weighted by Crippen LogP contribution is 2.17. The first-order valence-electron chi connectivity index (χ1n) is 7.25. The maximum atomic E-state index is 12.3. The average molecular weight is 353 g/mol. The summed E-state index contributed by atoms with van der Waals surface area (Å²) < 4.78 is 0.985. The number of hydrogen-bond donors (Lipinski definition) is 1. The van der Waals surface area contributed by atoms with Crippen LogP contribution in [0, 0.1) is 0 Å². The number of carbonyl (C=O) groups is 1. The lowest BCUT2D eigenvalue weighted by Crippen LogP contribution is -2.35. The second-order valence-corrected chi connectivity index (χ2v) is 5.95. The zero-order valence-electron chi connectivity index (χ0n) is 12.0. The van der Waals surface area contributed by atoms with Gasteiger partial charge in [0, 0.05) is 36.7 Å². The molecule has 2 rings (SSSR count). The molecule has 0 aliphatic carbocycles. The van der Waals surface area contributed by atoms with E-state index in [1.165, 1.54) is 0 Å². The van der Waals surface area contributed by atoms with E-state index in [-0.39, 0.29) is 12.5 Å². The molecule has 114 valence electrons. The molecule has 1 saturated heterocycles.